The standard InChI is InChI=1S/C21H25.C12H19.C11H8.Zr/c1-20(2,3)16-7-9-18-14(12-16)11-15-13-17(21(4,5)6)8-10-19(15)18;1-6-10-7-9(2)8-11(10)12(3,4)5;1-9-5-4-7-10-6-2-3-8-11(9)10;/h7-10,12H,11H2,1-6H3;8-9H,6H2,1-5H3;1-8H;/q2*-1;;+2. The first-order valence-corrected chi connectivity index (χ1v) is 18.0. The van der Waals surface area contributed by atoms with Crippen LogP contribution in [0.2, 0.25) is 0 Å². The van der Waals surface area contributed by atoms with Gasteiger partial charge in [0.1, 0.15) is 0 Å². The molecule has 0 bridgehead atoms. The summed E-state index contributed by atoms with van der Waals surface area (Å²) < 4.78 is 2.23. The molecule has 6 rings (SSSR count). The zero-order valence-corrected chi connectivity index (χ0v) is 32.0. The zero-order valence-electron chi connectivity index (χ0n) is 29.6. The van der Waals surface area contributed by atoms with E-state index in [2.05, 4.69) is 171 Å². The molecule has 1 unspecified atom stereocenters. The molecule has 4 aromatic carbocycles. The van der Waals surface area contributed by atoms with E-state index in [9.17, 15) is 0 Å². The molecule has 0 saturated heterocycles. The molecule has 1 atom stereocenters. The van der Waals surface area contributed by atoms with E-state index in [4.69, 9.17) is 0 Å². The second-order valence-corrected chi connectivity index (χ2v) is 16.3. The number of benzene rings is 4. The number of allylic oxidation sites excluding steroid dienone is 4. The first-order chi connectivity index (χ1) is 21.0. The molecule has 0 heterocycles. The van der Waals surface area contributed by atoms with E-state index >= 15 is 0 Å². The molecule has 0 spiro atoms. The second kappa shape index (κ2) is 14.0. The monoisotopic (exact) mass is 670 g/mol. The number of rotatable bonds is 2. The van der Waals surface area contributed by atoms with Crippen LogP contribution in [0.15, 0.2) is 90.0 Å². The Morgan fingerprint density at radius 3 is 2.04 bits per heavy atom. The minimum absolute atomic E-state index is 0.167. The van der Waals surface area contributed by atoms with Crippen LogP contribution in [-0.4, -0.2) is 3.71 Å². The summed E-state index contributed by atoms with van der Waals surface area (Å²) in [7, 11) is 0. The van der Waals surface area contributed by atoms with Gasteiger partial charge in [-0.25, -0.2) is 5.57 Å². The van der Waals surface area contributed by atoms with Crippen LogP contribution in [0.5, 0.6) is 0 Å². The van der Waals surface area contributed by atoms with Crippen molar-refractivity contribution < 1.29 is 24.2 Å². The summed E-state index contributed by atoms with van der Waals surface area (Å²) in [5.41, 5.74) is 13.3. The molecule has 232 valence electrons. The molecule has 0 aliphatic heterocycles. The van der Waals surface area contributed by atoms with Crippen molar-refractivity contribution in [2.24, 2.45) is 11.3 Å². The van der Waals surface area contributed by atoms with Gasteiger partial charge in [-0.05, 0) is 28.4 Å². The summed E-state index contributed by atoms with van der Waals surface area (Å²) in [6, 6.07) is 30.1. The van der Waals surface area contributed by atoms with Gasteiger partial charge in [0.2, 0.25) is 0 Å². The molecule has 4 aromatic rings. The number of hydrogen-bond acceptors (Lipinski definition) is 0. The van der Waals surface area contributed by atoms with E-state index < -0.39 is 0 Å². The second-order valence-electron chi connectivity index (χ2n) is 15.6. The average molecular weight is 672 g/mol. The van der Waals surface area contributed by atoms with Crippen LogP contribution in [0.25, 0.3) is 21.9 Å². The van der Waals surface area contributed by atoms with Gasteiger partial charge >= 0.3 is 86.7 Å². The van der Waals surface area contributed by atoms with Crippen molar-refractivity contribution in [3.8, 4) is 11.1 Å². The minimum atomic E-state index is 0.167. The summed E-state index contributed by atoms with van der Waals surface area (Å²) in [4.78, 5) is 0. The molecule has 2 aliphatic rings. The summed E-state index contributed by atoms with van der Waals surface area (Å²) >= 11 is 1.46. The molecular formula is C44H52Zr. The van der Waals surface area contributed by atoms with E-state index in [-0.39, 0.29) is 10.8 Å². The van der Waals surface area contributed by atoms with Crippen molar-refractivity contribution >= 4 is 14.5 Å². The van der Waals surface area contributed by atoms with Crippen LogP contribution in [0, 0.1) is 23.5 Å². The fraction of sp³-hybridized carbons (Fsp3) is 0.386. The molecule has 2 aliphatic carbocycles. The molecular weight excluding hydrogens is 620 g/mol. The van der Waals surface area contributed by atoms with Crippen LogP contribution < -0.4 is 0 Å². The molecule has 0 amide bonds. The Labute approximate surface area is 289 Å². The van der Waals surface area contributed by atoms with Crippen LogP contribution in [0.3, 0.4) is 0 Å². The van der Waals surface area contributed by atoms with Crippen molar-refractivity contribution in [1.29, 1.82) is 0 Å². The van der Waals surface area contributed by atoms with Gasteiger partial charge in [0.25, 0.3) is 0 Å². The van der Waals surface area contributed by atoms with Gasteiger partial charge in [0.15, 0.2) is 0 Å². The quantitative estimate of drug-likeness (QED) is 0.164. The van der Waals surface area contributed by atoms with Crippen LogP contribution in [0.1, 0.15) is 110 Å². The van der Waals surface area contributed by atoms with Gasteiger partial charge in [0.05, 0.1) is 0 Å². The van der Waals surface area contributed by atoms with Crippen LogP contribution in [0.4, 0.5) is 0 Å². The molecule has 0 N–H and O–H groups in total. The van der Waals surface area contributed by atoms with Gasteiger partial charge in [-0.15, -0.1) is 11.1 Å². The fourth-order valence-corrected chi connectivity index (χ4v) is 6.76. The Morgan fingerprint density at radius 2 is 1.44 bits per heavy atom. The SMILES string of the molecule is CC(C)(C)c1[c-]c2c(cc1)-c1ccc(C(C)(C)C)cc1C2.CCC1=[C-]C(C)C=C1C(C)(C)C.[Zr+2]=[CH]c1cccc2ccccc12. The number of hydrogen-bond donors (Lipinski definition) is 0. The Balaban J connectivity index is 0.000000165. The fourth-order valence-electron chi connectivity index (χ4n) is 6.14. The average Bonchev–Trinajstić information content (AvgIpc) is 3.56. The Morgan fingerprint density at radius 1 is 0.778 bits per heavy atom. The molecule has 0 fully saturated rings. The van der Waals surface area contributed by atoms with Crippen molar-refractivity contribution in [3.63, 3.8) is 0 Å². The topological polar surface area (TPSA) is 0 Å². The molecule has 0 saturated carbocycles. The molecule has 0 aromatic heterocycles. The maximum absolute atomic E-state index is 3.67. The van der Waals surface area contributed by atoms with E-state index in [1.54, 1.807) is 0 Å². The van der Waals surface area contributed by atoms with E-state index in [1.807, 2.05) is 0 Å². The summed E-state index contributed by atoms with van der Waals surface area (Å²) in [6.07, 6.45) is 7.98. The molecule has 45 heavy (non-hydrogen) atoms. The molecule has 0 nitrogen and oxygen atoms in total. The normalized spacial score (nSPS) is 15.6. The van der Waals surface area contributed by atoms with E-state index in [0.29, 0.717) is 11.3 Å². The Kier molecular flexibility index (Phi) is 11.0. The van der Waals surface area contributed by atoms with Crippen molar-refractivity contribution in [3.05, 3.63) is 130 Å². The molecule has 0 radical (unpaired) electrons. The summed E-state index contributed by atoms with van der Waals surface area (Å²) in [6.45, 7) is 24.8. The van der Waals surface area contributed by atoms with E-state index in [1.165, 1.54) is 85.1 Å². The Hall–Kier alpha value is -2.63. The third kappa shape index (κ3) is 8.60. The van der Waals surface area contributed by atoms with Crippen LogP contribution in [-0.2, 0) is 41.5 Å². The zero-order chi connectivity index (χ0) is 33.2. The first-order valence-electron chi connectivity index (χ1n) is 16.6. The van der Waals surface area contributed by atoms with E-state index in [0.717, 1.165) is 12.8 Å². The summed E-state index contributed by atoms with van der Waals surface area (Å²) in [5.74, 6) is 0.522. The van der Waals surface area contributed by atoms with Crippen LogP contribution >= 0.6 is 0 Å². The first kappa shape index (κ1) is 35.2. The molecule has 1 heteroatoms. The third-order valence-corrected chi connectivity index (χ3v) is 9.51. The van der Waals surface area contributed by atoms with Gasteiger partial charge in [-0.1, -0.05) is 118 Å². The van der Waals surface area contributed by atoms with Crippen molar-refractivity contribution in [1.82, 2.24) is 0 Å². The Bertz CT molecular complexity index is 1660. The van der Waals surface area contributed by atoms with Gasteiger partial charge in [-0.3, -0.25) is 6.08 Å². The summed E-state index contributed by atoms with van der Waals surface area (Å²) in [5, 5.41) is 2.69. The predicted octanol–water partition coefficient (Wildman–Crippen LogP) is 11.9. The van der Waals surface area contributed by atoms with Gasteiger partial charge in [0, 0.05) is 0 Å². The van der Waals surface area contributed by atoms with Crippen molar-refractivity contribution in [2.45, 2.75) is 99.8 Å². The van der Waals surface area contributed by atoms with Crippen molar-refractivity contribution in [2.75, 3.05) is 0 Å². The van der Waals surface area contributed by atoms with Gasteiger partial charge < -0.3 is 0 Å². The predicted molar refractivity (Wildman–Crippen MR) is 194 cm³/mol. The van der Waals surface area contributed by atoms with Gasteiger partial charge in [-0.2, -0.15) is 35.4 Å². The maximum atomic E-state index is 3.67. The third-order valence-electron chi connectivity index (χ3n) is 8.75. The number of fused-ring (bicyclic) bond motifs is 4.